The third-order valence-electron chi connectivity index (χ3n) is 4.73. The van der Waals surface area contributed by atoms with Crippen molar-refractivity contribution in [2.24, 2.45) is 0 Å². The first-order valence-electron chi connectivity index (χ1n) is 9.39. The highest BCUT2D eigenvalue weighted by atomic mass is 32.1. The molecule has 3 rings (SSSR count). The summed E-state index contributed by atoms with van der Waals surface area (Å²) in [5.41, 5.74) is 1.14. The molecule has 6 nitrogen and oxygen atoms in total. The van der Waals surface area contributed by atoms with Crippen LogP contribution < -0.4 is 5.32 Å². The lowest BCUT2D eigenvalue weighted by Crippen LogP contribution is -2.39. The lowest BCUT2D eigenvalue weighted by Gasteiger charge is -2.21. The Bertz CT molecular complexity index is 721. The maximum atomic E-state index is 12.5. The minimum atomic E-state index is 0.0425. The van der Waals surface area contributed by atoms with Crippen LogP contribution in [0.1, 0.15) is 23.3 Å². The van der Waals surface area contributed by atoms with Gasteiger partial charge >= 0.3 is 0 Å². The molecule has 0 bridgehead atoms. The van der Waals surface area contributed by atoms with Crippen LogP contribution in [0.3, 0.4) is 0 Å². The molecule has 0 aliphatic carbocycles. The van der Waals surface area contributed by atoms with Crippen LogP contribution in [0.25, 0.3) is 0 Å². The Morgan fingerprint density at radius 1 is 1.11 bits per heavy atom. The standard InChI is InChI=1S/C20H26N4O2S/c25-19(22-15-18-3-1-14-27-18)16-23-10-2-11-24(13-12-23)20(26)5-4-17-6-8-21-9-7-17/h1,3,6-9,14H,2,4-5,10-13,15-16H2,(H,22,25). The molecule has 0 radical (unpaired) electrons. The van der Waals surface area contributed by atoms with Crippen LogP contribution in [-0.2, 0) is 22.6 Å². The maximum absolute atomic E-state index is 12.5. The first-order valence-corrected chi connectivity index (χ1v) is 10.3. The largest absolute Gasteiger partial charge is 0.350 e. The van der Waals surface area contributed by atoms with E-state index in [1.165, 1.54) is 0 Å². The molecule has 0 spiro atoms. The van der Waals surface area contributed by atoms with Crippen molar-refractivity contribution in [3.05, 3.63) is 52.5 Å². The summed E-state index contributed by atoms with van der Waals surface area (Å²) in [7, 11) is 0. The summed E-state index contributed by atoms with van der Waals surface area (Å²) in [4.78, 5) is 33.9. The number of pyridine rings is 1. The van der Waals surface area contributed by atoms with Crippen LogP contribution in [0, 0.1) is 0 Å². The summed E-state index contributed by atoms with van der Waals surface area (Å²) in [6.45, 7) is 4.03. The highest BCUT2D eigenvalue weighted by Gasteiger charge is 2.20. The molecule has 2 aromatic rings. The van der Waals surface area contributed by atoms with Crippen molar-refractivity contribution >= 4 is 23.2 Å². The van der Waals surface area contributed by atoms with Gasteiger partial charge in [0.25, 0.3) is 0 Å². The molecule has 0 unspecified atom stereocenters. The topological polar surface area (TPSA) is 65.5 Å². The van der Waals surface area contributed by atoms with E-state index in [-0.39, 0.29) is 11.8 Å². The molecule has 1 fully saturated rings. The van der Waals surface area contributed by atoms with Gasteiger partial charge in [-0.05, 0) is 42.0 Å². The van der Waals surface area contributed by atoms with Crippen LogP contribution >= 0.6 is 11.3 Å². The zero-order valence-electron chi connectivity index (χ0n) is 15.5. The van der Waals surface area contributed by atoms with Gasteiger partial charge in [-0.25, -0.2) is 0 Å². The first-order chi connectivity index (χ1) is 13.2. The van der Waals surface area contributed by atoms with Crippen LogP contribution in [0.2, 0.25) is 0 Å². The number of nitrogens with zero attached hydrogens (tertiary/aromatic N) is 3. The number of carbonyl (C=O) groups is 2. The van der Waals surface area contributed by atoms with Crippen LogP contribution in [0.15, 0.2) is 42.0 Å². The van der Waals surface area contributed by atoms with Crippen LogP contribution in [0.4, 0.5) is 0 Å². The molecular formula is C20H26N4O2S. The van der Waals surface area contributed by atoms with E-state index in [0.717, 1.165) is 42.9 Å². The van der Waals surface area contributed by atoms with Gasteiger partial charge < -0.3 is 10.2 Å². The van der Waals surface area contributed by atoms with E-state index >= 15 is 0 Å². The third kappa shape index (κ3) is 6.45. The lowest BCUT2D eigenvalue weighted by atomic mass is 10.1. The van der Waals surface area contributed by atoms with Crippen molar-refractivity contribution in [3.8, 4) is 0 Å². The smallest absolute Gasteiger partial charge is 0.234 e. The number of nitrogens with one attached hydrogen (secondary N) is 1. The zero-order chi connectivity index (χ0) is 18.9. The third-order valence-corrected chi connectivity index (χ3v) is 5.60. The number of amides is 2. The summed E-state index contributed by atoms with van der Waals surface area (Å²) in [6.07, 6.45) is 5.68. The molecule has 2 aromatic heterocycles. The Kier molecular flexibility index (Phi) is 7.36. The molecule has 144 valence electrons. The molecule has 1 aliphatic heterocycles. The SMILES string of the molecule is O=C(CN1CCCN(C(=O)CCc2ccncc2)CC1)NCc1cccs1. The fourth-order valence-corrected chi connectivity index (χ4v) is 3.84. The van der Waals surface area contributed by atoms with Gasteiger partial charge in [0.2, 0.25) is 11.8 Å². The summed E-state index contributed by atoms with van der Waals surface area (Å²) >= 11 is 1.64. The highest BCUT2D eigenvalue weighted by molar-refractivity contribution is 7.09. The predicted octanol–water partition coefficient (Wildman–Crippen LogP) is 1.93. The van der Waals surface area contributed by atoms with E-state index in [2.05, 4.69) is 15.2 Å². The normalized spacial score (nSPS) is 15.3. The van der Waals surface area contributed by atoms with Gasteiger partial charge in [-0.2, -0.15) is 0 Å². The van der Waals surface area contributed by atoms with E-state index in [9.17, 15) is 9.59 Å². The Labute approximate surface area is 164 Å². The number of hydrogen-bond acceptors (Lipinski definition) is 5. The zero-order valence-corrected chi connectivity index (χ0v) is 16.3. The fourth-order valence-electron chi connectivity index (χ4n) is 3.20. The molecule has 27 heavy (non-hydrogen) atoms. The van der Waals surface area contributed by atoms with Crippen molar-refractivity contribution in [2.75, 3.05) is 32.7 Å². The van der Waals surface area contributed by atoms with Crippen molar-refractivity contribution in [1.29, 1.82) is 0 Å². The Morgan fingerprint density at radius 2 is 1.96 bits per heavy atom. The van der Waals surface area contributed by atoms with E-state index in [1.807, 2.05) is 34.5 Å². The van der Waals surface area contributed by atoms with Gasteiger partial charge in [-0.3, -0.25) is 19.5 Å². The van der Waals surface area contributed by atoms with Gasteiger partial charge in [0.1, 0.15) is 0 Å². The Hall–Kier alpha value is -2.25. The van der Waals surface area contributed by atoms with Crippen molar-refractivity contribution < 1.29 is 9.59 Å². The summed E-state index contributed by atoms with van der Waals surface area (Å²) in [5.74, 6) is 0.233. The van der Waals surface area contributed by atoms with E-state index in [1.54, 1.807) is 23.7 Å². The fraction of sp³-hybridized carbons (Fsp3) is 0.450. The monoisotopic (exact) mass is 386 g/mol. The molecule has 2 amide bonds. The lowest BCUT2D eigenvalue weighted by molar-refractivity contribution is -0.131. The summed E-state index contributed by atoms with van der Waals surface area (Å²) < 4.78 is 0. The van der Waals surface area contributed by atoms with E-state index in [0.29, 0.717) is 26.1 Å². The predicted molar refractivity (Wildman–Crippen MR) is 106 cm³/mol. The quantitative estimate of drug-likeness (QED) is 0.790. The van der Waals surface area contributed by atoms with Gasteiger partial charge in [0.05, 0.1) is 13.1 Å². The van der Waals surface area contributed by atoms with Crippen LogP contribution in [0.5, 0.6) is 0 Å². The average molecular weight is 387 g/mol. The summed E-state index contributed by atoms with van der Waals surface area (Å²) in [6, 6.07) is 7.91. The van der Waals surface area contributed by atoms with Gasteiger partial charge in [0.15, 0.2) is 0 Å². The number of aromatic nitrogens is 1. The Balaban J connectivity index is 1.38. The minimum Gasteiger partial charge on any atom is -0.350 e. The van der Waals surface area contributed by atoms with E-state index < -0.39 is 0 Å². The maximum Gasteiger partial charge on any atom is 0.234 e. The molecule has 0 saturated carbocycles. The highest BCUT2D eigenvalue weighted by Crippen LogP contribution is 2.09. The van der Waals surface area contributed by atoms with E-state index in [4.69, 9.17) is 0 Å². The second kappa shape index (κ2) is 10.2. The molecular weight excluding hydrogens is 360 g/mol. The molecule has 1 aliphatic rings. The molecule has 1 saturated heterocycles. The molecule has 1 N–H and O–H groups in total. The second-order valence-corrected chi connectivity index (χ2v) is 7.75. The number of aryl methyl sites for hydroxylation is 1. The molecule has 0 atom stereocenters. The van der Waals surface area contributed by atoms with Gasteiger partial charge in [-0.1, -0.05) is 6.07 Å². The first kappa shape index (κ1) is 19.5. The number of rotatable bonds is 7. The second-order valence-electron chi connectivity index (χ2n) is 6.72. The van der Waals surface area contributed by atoms with Gasteiger partial charge in [0, 0.05) is 49.9 Å². The van der Waals surface area contributed by atoms with Crippen molar-refractivity contribution in [2.45, 2.75) is 25.8 Å². The molecule has 0 aromatic carbocycles. The number of carbonyl (C=O) groups excluding carboxylic acids is 2. The molecule has 3 heterocycles. The Morgan fingerprint density at radius 3 is 2.74 bits per heavy atom. The average Bonchev–Trinajstić information content (AvgIpc) is 3.11. The minimum absolute atomic E-state index is 0.0425. The van der Waals surface area contributed by atoms with Gasteiger partial charge in [-0.15, -0.1) is 11.3 Å². The van der Waals surface area contributed by atoms with Crippen molar-refractivity contribution in [1.82, 2.24) is 20.1 Å². The molecule has 7 heteroatoms. The van der Waals surface area contributed by atoms with Crippen LogP contribution in [-0.4, -0.2) is 59.3 Å². The van der Waals surface area contributed by atoms with Crippen molar-refractivity contribution in [3.63, 3.8) is 0 Å². The summed E-state index contributed by atoms with van der Waals surface area (Å²) in [5, 5.41) is 4.98. The number of hydrogen-bond donors (Lipinski definition) is 1. The number of thiophene rings is 1.